The van der Waals surface area contributed by atoms with Gasteiger partial charge in [0.1, 0.15) is 0 Å². The van der Waals surface area contributed by atoms with Gasteiger partial charge in [-0.05, 0) is 26.7 Å². The zero-order valence-electron chi connectivity index (χ0n) is 11.9. The number of rotatable bonds is 7. The molecule has 7 heteroatoms. The lowest BCUT2D eigenvalue weighted by Crippen LogP contribution is -2.40. The summed E-state index contributed by atoms with van der Waals surface area (Å²) in [5.41, 5.74) is 0. The van der Waals surface area contributed by atoms with Crippen molar-refractivity contribution >= 4 is 15.9 Å². The maximum atomic E-state index is 11.7. The fourth-order valence-electron chi connectivity index (χ4n) is 2.03. The van der Waals surface area contributed by atoms with E-state index >= 15 is 0 Å². The highest BCUT2D eigenvalue weighted by atomic mass is 32.2. The number of nitrogens with zero attached hydrogens (tertiary/aromatic N) is 1. The monoisotopic (exact) mass is 292 g/mol. The number of carbonyl (C=O) groups is 1. The molecule has 0 aromatic carbocycles. The molecule has 1 heterocycles. The number of ether oxygens (including phenoxy) is 1. The van der Waals surface area contributed by atoms with E-state index in [9.17, 15) is 13.2 Å². The third-order valence-electron chi connectivity index (χ3n) is 2.94. The number of carbonyl (C=O) groups excluding carboxylic acids is 1. The largest absolute Gasteiger partial charge is 0.377 e. The van der Waals surface area contributed by atoms with Gasteiger partial charge in [-0.1, -0.05) is 0 Å². The summed E-state index contributed by atoms with van der Waals surface area (Å²) in [7, 11) is -3.30. The summed E-state index contributed by atoms with van der Waals surface area (Å²) in [5, 5.41) is 2.75. The molecule has 0 aromatic rings. The molecule has 1 atom stereocenters. The molecule has 1 unspecified atom stereocenters. The maximum absolute atomic E-state index is 11.7. The molecule has 112 valence electrons. The Kier molecular flexibility index (Phi) is 6.22. The van der Waals surface area contributed by atoms with Crippen molar-refractivity contribution in [1.29, 1.82) is 0 Å². The second-order valence-corrected chi connectivity index (χ2v) is 7.21. The van der Waals surface area contributed by atoms with Crippen LogP contribution < -0.4 is 5.32 Å². The number of sulfonamides is 1. The Balaban J connectivity index is 2.48. The summed E-state index contributed by atoms with van der Waals surface area (Å²) in [6.07, 6.45) is 3.16. The third-order valence-corrected chi connectivity index (χ3v) is 4.21. The molecule has 1 saturated heterocycles. The molecule has 19 heavy (non-hydrogen) atoms. The van der Waals surface area contributed by atoms with Crippen LogP contribution in [0.4, 0.5) is 0 Å². The minimum atomic E-state index is -3.30. The molecule has 1 aliphatic heterocycles. The molecule has 6 nitrogen and oxygen atoms in total. The van der Waals surface area contributed by atoms with Gasteiger partial charge in [0.25, 0.3) is 0 Å². The third kappa shape index (κ3) is 6.35. The van der Waals surface area contributed by atoms with Gasteiger partial charge < -0.3 is 10.1 Å². The molecule has 0 aromatic heterocycles. The van der Waals surface area contributed by atoms with Gasteiger partial charge in [0.05, 0.1) is 12.4 Å². The zero-order chi connectivity index (χ0) is 14.5. The molecule has 1 amide bonds. The first kappa shape index (κ1) is 16.4. The fraction of sp³-hybridized carbons (Fsp3) is 0.917. The average Bonchev–Trinajstić information content (AvgIpc) is 2.74. The van der Waals surface area contributed by atoms with Gasteiger partial charge in [-0.3, -0.25) is 4.79 Å². The van der Waals surface area contributed by atoms with Gasteiger partial charge in [0.15, 0.2) is 0 Å². The minimum Gasteiger partial charge on any atom is -0.377 e. The Hall–Kier alpha value is -0.660. The molecule has 0 bridgehead atoms. The van der Waals surface area contributed by atoms with Gasteiger partial charge in [0.2, 0.25) is 15.9 Å². The van der Waals surface area contributed by atoms with Crippen molar-refractivity contribution in [2.24, 2.45) is 0 Å². The molecular formula is C12H24N2O4S. The van der Waals surface area contributed by atoms with Crippen LogP contribution in [-0.4, -0.2) is 56.7 Å². The number of hydrogen-bond donors (Lipinski definition) is 1. The lowest BCUT2D eigenvalue weighted by Gasteiger charge is -2.23. The SMILES string of the molecule is CC(C)NC(=O)CCN(CC1CCCO1)S(C)(=O)=O. The Bertz CT molecular complexity index is 389. The van der Waals surface area contributed by atoms with Crippen LogP contribution >= 0.6 is 0 Å². The highest BCUT2D eigenvalue weighted by Crippen LogP contribution is 2.15. The summed E-state index contributed by atoms with van der Waals surface area (Å²) in [6.45, 7) is 4.98. The molecule has 0 saturated carbocycles. The van der Waals surface area contributed by atoms with Crippen LogP contribution in [0, 0.1) is 0 Å². The van der Waals surface area contributed by atoms with E-state index in [1.807, 2.05) is 13.8 Å². The predicted molar refractivity (Wildman–Crippen MR) is 73.3 cm³/mol. The van der Waals surface area contributed by atoms with E-state index in [4.69, 9.17) is 4.74 Å². The molecule has 0 radical (unpaired) electrons. The second kappa shape index (κ2) is 7.21. The number of hydrogen-bond acceptors (Lipinski definition) is 4. The van der Waals surface area contributed by atoms with Crippen LogP contribution in [0.25, 0.3) is 0 Å². The lowest BCUT2D eigenvalue weighted by atomic mass is 10.2. The van der Waals surface area contributed by atoms with E-state index in [-0.39, 0.29) is 31.0 Å². The summed E-state index contributed by atoms with van der Waals surface area (Å²) < 4.78 is 30.2. The van der Waals surface area contributed by atoms with E-state index < -0.39 is 10.0 Å². The Morgan fingerprint density at radius 3 is 2.63 bits per heavy atom. The Morgan fingerprint density at radius 2 is 2.16 bits per heavy atom. The standard InChI is InChI=1S/C12H24N2O4S/c1-10(2)13-12(15)6-7-14(19(3,16)17)9-11-5-4-8-18-11/h10-11H,4-9H2,1-3H3,(H,13,15). The smallest absolute Gasteiger partial charge is 0.221 e. The normalized spacial score (nSPS) is 20.2. The Morgan fingerprint density at radius 1 is 1.47 bits per heavy atom. The number of nitrogens with one attached hydrogen (secondary N) is 1. The van der Waals surface area contributed by atoms with Crippen molar-refractivity contribution in [3.63, 3.8) is 0 Å². The van der Waals surface area contributed by atoms with E-state index in [2.05, 4.69) is 5.32 Å². The molecular weight excluding hydrogens is 268 g/mol. The molecule has 1 fully saturated rings. The first-order valence-electron chi connectivity index (χ1n) is 6.65. The van der Waals surface area contributed by atoms with E-state index in [0.717, 1.165) is 12.8 Å². The van der Waals surface area contributed by atoms with Crippen LogP contribution in [0.5, 0.6) is 0 Å². The Labute approximate surface area is 115 Å². The quantitative estimate of drug-likeness (QED) is 0.734. The van der Waals surface area contributed by atoms with Crippen LogP contribution in [0.15, 0.2) is 0 Å². The highest BCUT2D eigenvalue weighted by Gasteiger charge is 2.25. The van der Waals surface area contributed by atoms with E-state index in [1.165, 1.54) is 10.6 Å². The van der Waals surface area contributed by atoms with Gasteiger partial charge in [0, 0.05) is 32.2 Å². The van der Waals surface area contributed by atoms with Crippen LogP contribution in [0.2, 0.25) is 0 Å². The maximum Gasteiger partial charge on any atom is 0.221 e. The topological polar surface area (TPSA) is 75.7 Å². The van der Waals surface area contributed by atoms with Crippen molar-refractivity contribution in [2.75, 3.05) is 26.0 Å². The van der Waals surface area contributed by atoms with Gasteiger partial charge in [-0.25, -0.2) is 8.42 Å². The average molecular weight is 292 g/mol. The first-order valence-corrected chi connectivity index (χ1v) is 8.50. The van der Waals surface area contributed by atoms with Gasteiger partial charge in [-0.2, -0.15) is 4.31 Å². The summed E-state index contributed by atoms with van der Waals surface area (Å²) >= 11 is 0. The molecule has 1 N–H and O–H groups in total. The first-order chi connectivity index (χ1) is 8.79. The van der Waals surface area contributed by atoms with Crippen molar-refractivity contribution in [3.8, 4) is 0 Å². The van der Waals surface area contributed by atoms with E-state index in [1.54, 1.807) is 0 Å². The number of amides is 1. The predicted octanol–water partition coefficient (Wildman–Crippen LogP) is 0.342. The van der Waals surface area contributed by atoms with Gasteiger partial charge >= 0.3 is 0 Å². The fourth-order valence-corrected chi connectivity index (χ4v) is 2.89. The molecule has 1 rings (SSSR count). The van der Waals surface area contributed by atoms with E-state index in [0.29, 0.717) is 13.2 Å². The molecule has 0 aliphatic carbocycles. The van der Waals surface area contributed by atoms with Crippen LogP contribution in [-0.2, 0) is 19.6 Å². The summed E-state index contributed by atoms with van der Waals surface area (Å²) in [5.74, 6) is -0.129. The lowest BCUT2D eigenvalue weighted by molar-refractivity contribution is -0.121. The molecule has 0 spiro atoms. The van der Waals surface area contributed by atoms with Crippen molar-refractivity contribution in [1.82, 2.24) is 9.62 Å². The van der Waals surface area contributed by atoms with Crippen molar-refractivity contribution < 1.29 is 17.9 Å². The minimum absolute atomic E-state index is 0.0390. The molecule has 1 aliphatic rings. The van der Waals surface area contributed by atoms with Gasteiger partial charge in [-0.15, -0.1) is 0 Å². The van der Waals surface area contributed by atoms with Crippen molar-refractivity contribution in [3.05, 3.63) is 0 Å². The second-order valence-electron chi connectivity index (χ2n) is 5.23. The summed E-state index contributed by atoms with van der Waals surface area (Å²) in [6, 6.07) is 0.0670. The van der Waals surface area contributed by atoms with Crippen LogP contribution in [0.3, 0.4) is 0 Å². The summed E-state index contributed by atoms with van der Waals surface area (Å²) in [4.78, 5) is 11.6. The van der Waals surface area contributed by atoms with Crippen LogP contribution in [0.1, 0.15) is 33.1 Å². The van der Waals surface area contributed by atoms with Crippen molar-refractivity contribution in [2.45, 2.75) is 45.3 Å². The highest BCUT2D eigenvalue weighted by molar-refractivity contribution is 7.88. The zero-order valence-corrected chi connectivity index (χ0v) is 12.7.